The van der Waals surface area contributed by atoms with Gasteiger partial charge in [-0.2, -0.15) is 0 Å². The molecule has 0 fully saturated rings. The van der Waals surface area contributed by atoms with Crippen molar-refractivity contribution in [2.45, 2.75) is 31.3 Å². The van der Waals surface area contributed by atoms with Gasteiger partial charge in [-0.05, 0) is 12.5 Å². The highest BCUT2D eigenvalue weighted by Crippen LogP contribution is 2.37. The minimum Gasteiger partial charge on any atom is -0.496 e. The van der Waals surface area contributed by atoms with Gasteiger partial charge >= 0.3 is 18.0 Å². The number of nitrogens with zero attached hydrogens (tertiary/aromatic N) is 2. The molecule has 1 aromatic heterocycles. The number of hydrogen-bond acceptors (Lipinski definition) is 7. The van der Waals surface area contributed by atoms with Crippen molar-refractivity contribution in [1.82, 2.24) is 20.2 Å². The Morgan fingerprint density at radius 2 is 2.00 bits per heavy atom. The van der Waals surface area contributed by atoms with Crippen molar-refractivity contribution in [3.8, 4) is 5.75 Å². The highest BCUT2D eigenvalue weighted by atomic mass is 16.5. The topological polar surface area (TPSA) is 123 Å². The number of ether oxygens (including phenoxy) is 3. The number of rotatable bonds is 7. The van der Waals surface area contributed by atoms with Gasteiger partial charge in [0.1, 0.15) is 17.8 Å². The lowest BCUT2D eigenvalue weighted by Crippen LogP contribution is -2.51. The first-order chi connectivity index (χ1) is 15.0. The Balaban J connectivity index is 1.88. The van der Waals surface area contributed by atoms with Crippen LogP contribution in [0.5, 0.6) is 5.75 Å². The number of amides is 2. The fourth-order valence-electron chi connectivity index (χ4n) is 3.69. The largest absolute Gasteiger partial charge is 0.496 e. The summed E-state index contributed by atoms with van der Waals surface area (Å²) in [6.45, 7) is 0.397. The molecule has 0 unspecified atom stereocenters. The van der Waals surface area contributed by atoms with Crippen molar-refractivity contribution in [3.05, 3.63) is 47.5 Å². The summed E-state index contributed by atoms with van der Waals surface area (Å²) in [6.07, 6.45) is 2.21. The van der Waals surface area contributed by atoms with E-state index in [1.54, 1.807) is 18.3 Å². The third-order valence-electron chi connectivity index (χ3n) is 5.27. The van der Waals surface area contributed by atoms with E-state index in [2.05, 4.69) is 20.0 Å². The van der Waals surface area contributed by atoms with Gasteiger partial charge in [-0.15, -0.1) is 0 Å². The van der Waals surface area contributed by atoms with Crippen molar-refractivity contribution in [1.29, 1.82) is 0 Å². The molecule has 2 heterocycles. The second kappa shape index (κ2) is 9.96. The summed E-state index contributed by atoms with van der Waals surface area (Å²) in [5, 5.41) is 2.70. The zero-order valence-electron chi connectivity index (χ0n) is 17.7. The van der Waals surface area contributed by atoms with Crippen LogP contribution >= 0.6 is 0 Å². The summed E-state index contributed by atoms with van der Waals surface area (Å²) in [5.74, 6) is -0.492. The first-order valence-corrected chi connectivity index (χ1v) is 9.87. The SMILES string of the molecule is COC(=O)CC[C@H](NC(=O)N1CCc2[nH]cnc2[C@@H]1c1ccccc1OC)C(=O)OC. The van der Waals surface area contributed by atoms with Gasteiger partial charge in [0.25, 0.3) is 0 Å². The number of aromatic nitrogens is 2. The number of benzene rings is 1. The molecule has 31 heavy (non-hydrogen) atoms. The predicted octanol–water partition coefficient (Wildman–Crippen LogP) is 1.57. The Morgan fingerprint density at radius 3 is 2.71 bits per heavy atom. The number of urea groups is 1. The monoisotopic (exact) mass is 430 g/mol. The predicted molar refractivity (Wildman–Crippen MR) is 109 cm³/mol. The minimum atomic E-state index is -0.990. The number of fused-ring (bicyclic) bond motifs is 1. The lowest BCUT2D eigenvalue weighted by Gasteiger charge is -2.36. The van der Waals surface area contributed by atoms with Crippen LogP contribution in [0, 0.1) is 0 Å². The van der Waals surface area contributed by atoms with E-state index in [9.17, 15) is 14.4 Å². The number of imidazole rings is 1. The summed E-state index contributed by atoms with van der Waals surface area (Å²) >= 11 is 0. The number of esters is 2. The number of aromatic amines is 1. The van der Waals surface area contributed by atoms with Crippen LogP contribution in [0.3, 0.4) is 0 Å². The smallest absolute Gasteiger partial charge is 0.328 e. The Bertz CT molecular complexity index is 943. The summed E-state index contributed by atoms with van der Waals surface area (Å²) in [4.78, 5) is 46.1. The molecule has 0 radical (unpaired) electrons. The molecule has 0 bridgehead atoms. The van der Waals surface area contributed by atoms with Crippen LogP contribution in [0.1, 0.15) is 35.8 Å². The Labute approximate surface area is 179 Å². The van der Waals surface area contributed by atoms with Crippen molar-refractivity contribution in [2.24, 2.45) is 0 Å². The molecule has 1 aliphatic heterocycles. The fourth-order valence-corrected chi connectivity index (χ4v) is 3.69. The summed E-state index contributed by atoms with van der Waals surface area (Å²) in [5.41, 5.74) is 2.43. The van der Waals surface area contributed by atoms with Crippen molar-refractivity contribution >= 4 is 18.0 Å². The van der Waals surface area contributed by atoms with E-state index in [4.69, 9.17) is 9.47 Å². The highest BCUT2D eigenvalue weighted by molar-refractivity contribution is 5.84. The van der Waals surface area contributed by atoms with Crippen LogP contribution in [-0.4, -0.2) is 66.8 Å². The number of nitrogens with one attached hydrogen (secondary N) is 2. The number of methoxy groups -OCH3 is 3. The molecular weight excluding hydrogens is 404 g/mol. The van der Waals surface area contributed by atoms with Crippen molar-refractivity contribution in [3.63, 3.8) is 0 Å². The molecule has 2 amide bonds. The van der Waals surface area contributed by atoms with Gasteiger partial charge in [0.15, 0.2) is 0 Å². The maximum absolute atomic E-state index is 13.3. The molecule has 0 saturated carbocycles. The normalized spacial score (nSPS) is 16.1. The van der Waals surface area contributed by atoms with E-state index >= 15 is 0 Å². The number of H-pyrrole nitrogens is 1. The number of carbonyl (C=O) groups excluding carboxylic acids is 3. The van der Waals surface area contributed by atoms with E-state index < -0.39 is 30.1 Å². The Morgan fingerprint density at radius 1 is 1.23 bits per heavy atom. The van der Waals surface area contributed by atoms with Gasteiger partial charge in [-0.25, -0.2) is 14.6 Å². The van der Waals surface area contributed by atoms with Gasteiger partial charge < -0.3 is 29.4 Å². The second-order valence-electron chi connectivity index (χ2n) is 6.99. The Hall–Kier alpha value is -3.56. The van der Waals surface area contributed by atoms with Crippen molar-refractivity contribution in [2.75, 3.05) is 27.9 Å². The zero-order valence-corrected chi connectivity index (χ0v) is 17.7. The van der Waals surface area contributed by atoms with E-state index in [1.165, 1.54) is 14.2 Å². The lowest BCUT2D eigenvalue weighted by molar-refractivity contribution is -0.144. The van der Waals surface area contributed by atoms with Gasteiger partial charge in [0, 0.05) is 30.6 Å². The maximum atomic E-state index is 13.3. The number of hydrogen-bond donors (Lipinski definition) is 2. The second-order valence-corrected chi connectivity index (χ2v) is 6.99. The van der Waals surface area contributed by atoms with E-state index in [0.717, 1.165) is 17.0 Å². The molecule has 2 aromatic rings. The summed E-state index contributed by atoms with van der Waals surface area (Å²) in [7, 11) is 4.06. The van der Waals surface area contributed by atoms with Crippen LogP contribution in [0.2, 0.25) is 0 Å². The molecule has 10 heteroatoms. The van der Waals surface area contributed by atoms with Crippen LogP contribution in [0.15, 0.2) is 30.6 Å². The third kappa shape index (κ3) is 4.79. The molecule has 10 nitrogen and oxygen atoms in total. The number of para-hydroxylation sites is 1. The fraction of sp³-hybridized carbons (Fsp3) is 0.429. The molecule has 1 aromatic carbocycles. The quantitative estimate of drug-likeness (QED) is 0.639. The van der Waals surface area contributed by atoms with Crippen LogP contribution in [0.4, 0.5) is 4.79 Å². The van der Waals surface area contributed by atoms with E-state index in [0.29, 0.717) is 18.7 Å². The molecule has 2 N–H and O–H groups in total. The standard InChI is InChI=1S/C21H26N4O6/c1-29-16-7-5-4-6-13(16)19-18-14(22-12-23-18)10-11-25(19)21(28)24-15(20(27)31-3)8-9-17(26)30-2/h4-7,12,15,19H,8-11H2,1-3H3,(H,22,23)(H,24,28)/t15-,19-/m0/s1. The zero-order chi connectivity index (χ0) is 22.4. The van der Waals surface area contributed by atoms with Crippen LogP contribution < -0.4 is 10.1 Å². The van der Waals surface area contributed by atoms with E-state index in [1.807, 2.05) is 24.3 Å². The van der Waals surface area contributed by atoms with Crippen molar-refractivity contribution < 1.29 is 28.6 Å². The molecule has 2 atom stereocenters. The lowest BCUT2D eigenvalue weighted by atomic mass is 9.95. The third-order valence-corrected chi connectivity index (χ3v) is 5.27. The first kappa shape index (κ1) is 22.1. The molecule has 0 aliphatic carbocycles. The van der Waals surface area contributed by atoms with E-state index in [-0.39, 0.29) is 12.8 Å². The maximum Gasteiger partial charge on any atom is 0.328 e. The molecular formula is C21H26N4O6. The van der Waals surface area contributed by atoms with Gasteiger partial charge in [-0.1, -0.05) is 18.2 Å². The summed E-state index contributed by atoms with van der Waals surface area (Å²) < 4.78 is 14.9. The molecule has 0 saturated heterocycles. The summed E-state index contributed by atoms with van der Waals surface area (Å²) in [6, 6.07) is 5.44. The highest BCUT2D eigenvalue weighted by Gasteiger charge is 2.37. The minimum absolute atomic E-state index is 0.0317. The molecule has 3 rings (SSSR count). The van der Waals surface area contributed by atoms with Gasteiger partial charge in [0.2, 0.25) is 0 Å². The average Bonchev–Trinajstić information content (AvgIpc) is 3.29. The molecule has 166 valence electrons. The Kier molecular flexibility index (Phi) is 7.11. The average molecular weight is 430 g/mol. The molecule has 1 aliphatic rings. The van der Waals surface area contributed by atoms with Crippen LogP contribution in [0.25, 0.3) is 0 Å². The van der Waals surface area contributed by atoms with Crippen LogP contribution in [-0.2, 0) is 25.5 Å². The van der Waals surface area contributed by atoms with Gasteiger partial charge in [-0.3, -0.25) is 4.79 Å². The van der Waals surface area contributed by atoms with Gasteiger partial charge in [0.05, 0.1) is 33.4 Å². The molecule has 0 spiro atoms. The number of carbonyl (C=O) groups is 3. The first-order valence-electron chi connectivity index (χ1n) is 9.87.